The number of carbonyl (C=O) groups excluding carboxylic acids is 1. The summed E-state index contributed by atoms with van der Waals surface area (Å²) in [4.78, 5) is 28.0. The minimum absolute atomic E-state index is 0.0614. The van der Waals surface area contributed by atoms with E-state index < -0.39 is 0 Å². The van der Waals surface area contributed by atoms with Crippen LogP contribution in [0.15, 0.2) is 71.2 Å². The maximum atomic E-state index is 12.3. The third-order valence-corrected chi connectivity index (χ3v) is 6.31. The summed E-state index contributed by atoms with van der Waals surface area (Å²) >= 11 is 3.01. The molecular weight excluding hydrogens is 424 g/mol. The molecule has 0 bridgehead atoms. The Balaban J connectivity index is 1.52. The van der Waals surface area contributed by atoms with Crippen LogP contribution >= 0.6 is 23.1 Å². The molecule has 0 saturated carbocycles. The van der Waals surface area contributed by atoms with E-state index in [1.54, 1.807) is 23.6 Å². The lowest BCUT2D eigenvalue weighted by atomic mass is 10.1. The van der Waals surface area contributed by atoms with Crippen LogP contribution in [0.1, 0.15) is 23.9 Å². The zero-order chi connectivity index (χ0) is 21.8. The maximum Gasteiger partial charge on any atom is 0.230 e. The first-order valence-corrected chi connectivity index (χ1v) is 11.7. The number of thiazole rings is 1. The Bertz CT molecular complexity index is 1210. The van der Waals surface area contributed by atoms with Crippen molar-refractivity contribution in [3.8, 4) is 11.3 Å². The largest absolute Gasteiger partial charge is 0.274 e. The Hall–Kier alpha value is -3.03. The van der Waals surface area contributed by atoms with Gasteiger partial charge in [-0.25, -0.2) is 15.0 Å². The van der Waals surface area contributed by atoms with Crippen molar-refractivity contribution in [2.24, 2.45) is 0 Å². The molecule has 0 fully saturated rings. The molecular formula is C24H22N4OS2. The van der Waals surface area contributed by atoms with Gasteiger partial charge in [0.05, 0.1) is 17.1 Å². The fourth-order valence-corrected chi connectivity index (χ4v) is 4.95. The number of thioether (sulfide) groups is 1. The van der Waals surface area contributed by atoms with Gasteiger partial charge in [0.25, 0.3) is 0 Å². The van der Waals surface area contributed by atoms with Gasteiger partial charge < -0.3 is 0 Å². The number of aryl methyl sites for hydroxylation is 2. The zero-order valence-electron chi connectivity index (χ0n) is 17.6. The Kier molecular flexibility index (Phi) is 6.44. The van der Waals surface area contributed by atoms with Crippen molar-refractivity contribution in [1.29, 1.82) is 0 Å². The molecule has 4 rings (SSSR count). The van der Waals surface area contributed by atoms with Gasteiger partial charge in [-0.1, -0.05) is 54.2 Å². The van der Waals surface area contributed by atoms with Crippen LogP contribution in [0.3, 0.4) is 0 Å². The number of hydrogen-bond acceptors (Lipinski definition) is 6. The van der Waals surface area contributed by atoms with Crippen LogP contribution in [-0.2, 0) is 10.5 Å². The quantitative estimate of drug-likeness (QED) is 0.261. The minimum atomic E-state index is -0.0614. The summed E-state index contributed by atoms with van der Waals surface area (Å²) in [5.41, 5.74) is 5.74. The van der Waals surface area contributed by atoms with E-state index in [4.69, 9.17) is 9.97 Å². The predicted octanol–water partition coefficient (Wildman–Crippen LogP) is 6.19. The first-order chi connectivity index (χ1) is 15.0. The van der Waals surface area contributed by atoms with Crippen LogP contribution in [-0.4, -0.2) is 20.9 Å². The van der Waals surface area contributed by atoms with Crippen LogP contribution < -0.4 is 4.90 Å². The molecule has 0 atom stereocenters. The van der Waals surface area contributed by atoms with Crippen molar-refractivity contribution in [1.82, 2.24) is 15.0 Å². The van der Waals surface area contributed by atoms with E-state index >= 15 is 0 Å². The number of aromatic nitrogens is 3. The lowest BCUT2D eigenvalue weighted by Gasteiger charge is -2.18. The summed E-state index contributed by atoms with van der Waals surface area (Å²) < 4.78 is 0. The van der Waals surface area contributed by atoms with Crippen molar-refractivity contribution in [2.45, 2.75) is 31.7 Å². The van der Waals surface area contributed by atoms with Gasteiger partial charge in [0.15, 0.2) is 10.3 Å². The average Bonchev–Trinajstić information content (AvgIpc) is 3.21. The monoisotopic (exact) mass is 446 g/mol. The molecule has 31 heavy (non-hydrogen) atoms. The lowest BCUT2D eigenvalue weighted by Crippen LogP contribution is -2.22. The van der Waals surface area contributed by atoms with Gasteiger partial charge in [-0.2, -0.15) is 0 Å². The van der Waals surface area contributed by atoms with Gasteiger partial charge in [-0.3, -0.25) is 9.69 Å². The number of carbonyl (C=O) groups is 1. The SMILES string of the molecule is CC(=O)N(c1cccc(C)c1)c1nc(CSc2nc(C)cc(-c3ccccc3)n2)cs1. The third kappa shape index (κ3) is 5.18. The molecule has 0 radical (unpaired) electrons. The second-order valence-corrected chi connectivity index (χ2v) is 8.93. The van der Waals surface area contributed by atoms with Crippen molar-refractivity contribution in [2.75, 3.05) is 4.90 Å². The number of hydrogen-bond donors (Lipinski definition) is 0. The van der Waals surface area contributed by atoms with Crippen LogP contribution in [0.4, 0.5) is 10.8 Å². The molecule has 4 aromatic rings. The molecule has 1 amide bonds. The molecule has 2 heterocycles. The van der Waals surface area contributed by atoms with E-state index in [1.807, 2.05) is 79.9 Å². The van der Waals surface area contributed by atoms with Crippen LogP contribution in [0.2, 0.25) is 0 Å². The van der Waals surface area contributed by atoms with E-state index in [9.17, 15) is 4.79 Å². The van der Waals surface area contributed by atoms with Crippen LogP contribution in [0.5, 0.6) is 0 Å². The van der Waals surface area contributed by atoms with Gasteiger partial charge in [0, 0.05) is 29.3 Å². The molecule has 156 valence electrons. The molecule has 5 nitrogen and oxygen atoms in total. The summed E-state index contributed by atoms with van der Waals surface area (Å²) in [6.07, 6.45) is 0. The summed E-state index contributed by atoms with van der Waals surface area (Å²) in [5, 5.41) is 3.38. The van der Waals surface area contributed by atoms with Crippen molar-refractivity contribution in [3.63, 3.8) is 0 Å². The first kappa shape index (κ1) is 21.2. The number of benzene rings is 2. The molecule has 0 spiro atoms. The van der Waals surface area contributed by atoms with Crippen LogP contribution in [0.25, 0.3) is 11.3 Å². The smallest absolute Gasteiger partial charge is 0.230 e. The standard InChI is InChI=1S/C24H22N4OS2/c1-16-8-7-11-21(12-16)28(18(3)29)24-26-20(15-31-24)14-30-23-25-17(2)13-22(27-23)19-9-5-4-6-10-19/h4-13,15H,14H2,1-3H3. The van der Waals surface area contributed by atoms with E-state index in [0.29, 0.717) is 10.9 Å². The summed E-state index contributed by atoms with van der Waals surface area (Å²) in [7, 11) is 0. The molecule has 0 aliphatic carbocycles. The fraction of sp³-hybridized carbons (Fsp3) is 0.167. The number of rotatable bonds is 6. The Morgan fingerprint density at radius 3 is 2.55 bits per heavy atom. The summed E-state index contributed by atoms with van der Waals surface area (Å²) in [6.45, 7) is 5.55. The zero-order valence-corrected chi connectivity index (χ0v) is 19.2. The van der Waals surface area contributed by atoms with E-state index in [0.717, 1.165) is 39.1 Å². The van der Waals surface area contributed by atoms with Gasteiger partial charge >= 0.3 is 0 Å². The molecule has 0 N–H and O–H groups in total. The second kappa shape index (κ2) is 9.41. The van der Waals surface area contributed by atoms with Gasteiger partial charge in [-0.15, -0.1) is 11.3 Å². The first-order valence-electron chi connectivity index (χ1n) is 9.85. The molecule has 0 aliphatic heterocycles. The van der Waals surface area contributed by atoms with E-state index in [2.05, 4.69) is 4.98 Å². The Labute approximate surface area is 190 Å². The number of anilines is 2. The maximum absolute atomic E-state index is 12.3. The predicted molar refractivity (Wildman–Crippen MR) is 128 cm³/mol. The minimum Gasteiger partial charge on any atom is -0.274 e. The molecule has 0 aliphatic rings. The molecule has 7 heteroatoms. The lowest BCUT2D eigenvalue weighted by molar-refractivity contribution is -0.115. The third-order valence-electron chi connectivity index (χ3n) is 4.56. The molecule has 2 aromatic carbocycles. The molecule has 0 unspecified atom stereocenters. The highest BCUT2D eigenvalue weighted by Gasteiger charge is 2.18. The van der Waals surface area contributed by atoms with Crippen molar-refractivity contribution < 1.29 is 4.79 Å². The van der Waals surface area contributed by atoms with Crippen LogP contribution in [0, 0.1) is 13.8 Å². The number of amides is 1. The fourth-order valence-electron chi connectivity index (χ4n) is 3.16. The van der Waals surface area contributed by atoms with Gasteiger partial charge in [0.2, 0.25) is 5.91 Å². The van der Waals surface area contributed by atoms with Gasteiger partial charge in [-0.05, 0) is 37.6 Å². The highest BCUT2D eigenvalue weighted by atomic mass is 32.2. The highest BCUT2D eigenvalue weighted by molar-refractivity contribution is 7.98. The summed E-state index contributed by atoms with van der Waals surface area (Å²) in [5.74, 6) is 0.571. The number of nitrogens with zero attached hydrogens (tertiary/aromatic N) is 4. The van der Waals surface area contributed by atoms with E-state index in [-0.39, 0.29) is 5.91 Å². The average molecular weight is 447 g/mol. The summed E-state index contributed by atoms with van der Waals surface area (Å²) in [6, 6.07) is 20.0. The van der Waals surface area contributed by atoms with Gasteiger partial charge in [0.1, 0.15) is 0 Å². The second-order valence-electron chi connectivity index (χ2n) is 7.15. The van der Waals surface area contributed by atoms with E-state index in [1.165, 1.54) is 11.3 Å². The molecule has 0 saturated heterocycles. The Morgan fingerprint density at radius 2 is 1.81 bits per heavy atom. The topological polar surface area (TPSA) is 59.0 Å². The van der Waals surface area contributed by atoms with Crippen molar-refractivity contribution >= 4 is 39.8 Å². The molecule has 2 aromatic heterocycles. The highest BCUT2D eigenvalue weighted by Crippen LogP contribution is 2.31. The van der Waals surface area contributed by atoms with Crippen molar-refractivity contribution in [3.05, 3.63) is 83.0 Å². The normalized spacial score (nSPS) is 10.8. The Morgan fingerprint density at radius 1 is 1.00 bits per heavy atom.